The second-order valence-corrected chi connectivity index (χ2v) is 21.7. The highest BCUT2D eigenvalue weighted by Gasteiger charge is 2.34. The molecule has 6 aromatic carbocycles. The smallest absolute Gasteiger partial charge is 0.336 e. The lowest BCUT2D eigenvalue weighted by atomic mass is 9.98. The van der Waals surface area contributed by atoms with Gasteiger partial charge >= 0.3 is 12.4 Å². The minimum atomic E-state index is -5.34. The molecular formula is C74H80F8N8O4S2. The molecule has 10 rings (SSSR count). The lowest BCUT2D eigenvalue weighted by molar-refractivity contribution is -0.138. The number of alkyl halides is 6. The molecule has 0 spiro atoms. The van der Waals surface area contributed by atoms with Crippen molar-refractivity contribution in [3.8, 4) is 22.3 Å². The fraction of sp³-hybridized carbons (Fsp3) is 0.378. The number of hydrogen-bond donors (Lipinski definition) is 0. The van der Waals surface area contributed by atoms with E-state index in [1.54, 1.807) is 0 Å². The van der Waals surface area contributed by atoms with Crippen molar-refractivity contribution in [3.05, 3.63) is 233 Å². The summed E-state index contributed by atoms with van der Waals surface area (Å²) in [4.78, 5) is 63.2. The molecule has 0 saturated heterocycles. The molecule has 0 fully saturated rings. The average molecular weight is 1400 g/mol. The van der Waals surface area contributed by atoms with Gasteiger partial charge in [-0.05, 0) is 171 Å². The van der Waals surface area contributed by atoms with Gasteiger partial charge in [-0.25, -0.2) is 8.78 Å². The largest absolute Gasteiger partial charge is 0.416 e. The number of halogens is 8. The van der Waals surface area contributed by atoms with E-state index in [9.17, 15) is 59.8 Å². The van der Waals surface area contributed by atoms with Gasteiger partial charge in [0.15, 0.2) is 10.3 Å². The van der Waals surface area contributed by atoms with Crippen LogP contribution in [0.15, 0.2) is 159 Å². The lowest BCUT2D eigenvalue weighted by Gasteiger charge is -2.33. The summed E-state index contributed by atoms with van der Waals surface area (Å²) in [5.74, 6) is -8.20. The van der Waals surface area contributed by atoms with Gasteiger partial charge in [0, 0.05) is 91.2 Å². The zero-order valence-corrected chi connectivity index (χ0v) is 52.6. The molecule has 2 aliphatic rings. The van der Waals surface area contributed by atoms with Crippen molar-refractivity contribution in [2.45, 2.75) is 140 Å². The van der Waals surface area contributed by atoms with Crippen molar-refractivity contribution < 1.29 is 99.5 Å². The first kappa shape index (κ1) is 36.1. The number of fused-ring (bicyclic) bond motifs is 2. The number of likely N-dealkylation sites (N-methyl/N-ethyl adjacent to an activating group) is 2. The first-order chi connectivity index (χ1) is 61.1. The third-order valence-electron chi connectivity index (χ3n) is 13.6. The van der Waals surface area contributed by atoms with E-state index in [4.69, 9.17) is 39.8 Å². The van der Waals surface area contributed by atoms with Gasteiger partial charge in [0.05, 0.1) is 47.3 Å². The predicted octanol–water partition coefficient (Wildman–Crippen LogP) is 15.3. The molecule has 22 heteroatoms. The Balaban J connectivity index is 0.000000308. The quantitative estimate of drug-likeness (QED) is 0.0295. The van der Waals surface area contributed by atoms with Crippen LogP contribution in [-0.2, 0) is 78.5 Å². The summed E-state index contributed by atoms with van der Waals surface area (Å²) >= 11 is 0.654. The summed E-state index contributed by atoms with van der Waals surface area (Å²) in [6, 6.07) is -4.54. The first-order valence-corrected chi connectivity index (χ1v) is 30.1. The number of nitrogens with zero attached hydrogens (tertiary/aromatic N) is 8. The number of amides is 2. The Morgan fingerprint density at radius 3 is 1.74 bits per heavy atom. The van der Waals surface area contributed by atoms with Crippen LogP contribution < -0.4 is 11.1 Å². The van der Waals surface area contributed by atoms with Crippen LogP contribution in [0, 0.1) is 18.6 Å². The number of benzene rings is 6. The van der Waals surface area contributed by atoms with Gasteiger partial charge in [-0.3, -0.25) is 19.2 Å². The Morgan fingerprint density at radius 1 is 0.604 bits per heavy atom. The molecule has 0 bridgehead atoms. The summed E-state index contributed by atoms with van der Waals surface area (Å²) < 4.78 is 460. The predicted molar refractivity (Wildman–Crippen MR) is 363 cm³/mol. The second kappa shape index (κ2) is 32.9. The van der Waals surface area contributed by atoms with Crippen LogP contribution in [0.5, 0.6) is 0 Å². The Kier molecular flexibility index (Phi) is 12.4. The van der Waals surface area contributed by atoms with Gasteiger partial charge in [0.25, 0.3) is 11.1 Å². The molecule has 0 radical (unpaired) electrons. The van der Waals surface area contributed by atoms with Crippen molar-refractivity contribution in [1.82, 2.24) is 38.7 Å². The fourth-order valence-corrected chi connectivity index (χ4v) is 10.6. The van der Waals surface area contributed by atoms with E-state index in [0.717, 1.165) is 67.6 Å². The Labute approximate surface area is 620 Å². The molecule has 0 saturated carbocycles. The maximum absolute atomic E-state index is 15.5. The molecule has 2 aliphatic carbocycles. The normalized spacial score (nSPS) is 22.8. The maximum Gasteiger partial charge on any atom is 0.416 e. The van der Waals surface area contributed by atoms with Gasteiger partial charge < -0.3 is 28.7 Å². The molecule has 96 heavy (non-hydrogen) atoms. The van der Waals surface area contributed by atoms with Crippen LogP contribution in [-0.4, -0.2) is 102 Å². The van der Waals surface area contributed by atoms with E-state index >= 15 is 9.59 Å². The van der Waals surface area contributed by atoms with Crippen LogP contribution in [0.3, 0.4) is 0 Å². The molecule has 0 N–H and O–H groups in total. The summed E-state index contributed by atoms with van der Waals surface area (Å²) in [5.41, 5.74) is -14.1. The van der Waals surface area contributed by atoms with Crippen molar-refractivity contribution in [2.75, 3.05) is 52.0 Å². The molecule has 8 aromatic rings. The Hall–Kier alpha value is -7.92. The zero-order valence-electron chi connectivity index (χ0n) is 91.0. The van der Waals surface area contributed by atoms with Crippen LogP contribution in [0.25, 0.3) is 22.3 Å². The maximum atomic E-state index is 15.5. The van der Waals surface area contributed by atoms with Crippen molar-refractivity contribution in [2.24, 2.45) is 0 Å². The van der Waals surface area contributed by atoms with E-state index < -0.39 is 292 Å². The number of hydrogen-bond acceptors (Lipinski definition) is 10. The molecule has 2 amide bonds. The number of thioether (sulfide) groups is 2. The number of carbonyl (C=O) groups is 2. The van der Waals surface area contributed by atoms with Crippen molar-refractivity contribution >= 4 is 35.3 Å². The lowest BCUT2D eigenvalue weighted by Crippen LogP contribution is -2.42. The summed E-state index contributed by atoms with van der Waals surface area (Å²) in [7, 11) is 0. The molecular weight excluding hydrogens is 1280 g/mol. The SMILES string of the molecule is [2H]c1c([2H])c(C([2H])([2H])N(C(=O)C([2H])([2H])n2c(SCc3ccc(F)cc3)nc(=O)c3c2C([2H])([2H])C([2H])([2H])C3([2H])[2H])C([2H])([2H])C([2H])([2H])N(C([2H])([2H])C)C([2H])([2H])C)c([2H])c([2H])c1-c1c([2H])c([2H])c(C(F)(F)F)c(C)c1[2H].[2H]c1c([2H])c(CSc2nc(=O)c3c(n2C([2H])([2H])C(=O)N(C([2H])(C)c2ccc(-c4ccc(C(F)(F)F)cc4)cc2)C([2H])([2H])C([2H])([2H])N(C([2H])([2H])C)C([2H])([2H])C)CCC3)c([2H])c([2H])c1F. The van der Waals surface area contributed by atoms with Gasteiger partial charge in [0.1, 0.15) is 24.6 Å². The van der Waals surface area contributed by atoms with Crippen LogP contribution in [0.4, 0.5) is 35.1 Å². The van der Waals surface area contributed by atoms with Gasteiger partial charge in [-0.2, -0.15) is 36.3 Å². The highest BCUT2D eigenvalue weighted by Crippen LogP contribution is 2.36. The van der Waals surface area contributed by atoms with E-state index in [2.05, 4.69) is 9.97 Å². The van der Waals surface area contributed by atoms with E-state index in [1.165, 1.54) is 12.1 Å². The van der Waals surface area contributed by atoms with Crippen LogP contribution in [0.2, 0.25) is 0 Å². The van der Waals surface area contributed by atoms with E-state index in [1.807, 2.05) is 0 Å². The van der Waals surface area contributed by atoms with Crippen molar-refractivity contribution in [3.63, 3.8) is 0 Å². The minimum Gasteiger partial charge on any atom is -0.336 e. The van der Waals surface area contributed by atoms with Crippen LogP contribution in [0.1, 0.15) is 170 Å². The summed E-state index contributed by atoms with van der Waals surface area (Å²) in [6.07, 6.45) is -21.3. The molecule has 2 aromatic heterocycles. The molecule has 1 unspecified atom stereocenters. The van der Waals surface area contributed by atoms with Gasteiger partial charge in [-0.1, -0.05) is 148 Å². The number of rotatable bonds is 26. The number of carbonyl (C=O) groups excluding carboxylic acids is 2. The molecule has 508 valence electrons. The Morgan fingerprint density at radius 2 is 1.15 bits per heavy atom. The molecule has 1 atom stereocenters. The molecule has 0 aliphatic heterocycles. The summed E-state index contributed by atoms with van der Waals surface area (Å²) in [5, 5.41) is -1.80. The standard InChI is InChI=1S/2C37H40F4N4O2S/c1-4-43(5-2)21-22-44(25(3)27-11-13-28(14-12-27)29-15-17-30(18-16-29)37(39,40)41)34(46)23-45-33-8-6-7-32(33)35(47)42-36(45)48-24-26-9-19-31(38)20-10-26;1-4-43(5-2)19-20-44(22-26-9-13-28(14-10-26)29-15-18-32(25(3)21-29)37(39,40)41)34(46)23-45-33-8-6-7-31(33)35(47)42-36(45)48-24-27-11-16-30(38)17-12-27/h9-20,25H,4-8,21-24H2,1-3H3;9-18,21H,4-8,19-20,22-24H2,1-3H3/i4D2,5D2,9D,10D,19D,20D,21D2,22D2,23D2,25D;4D2,5D2,6D2,7D2,8D2,9D,10D,13D,14D,15D,18D,19D2,20D2,21D,22D2,23D2. The molecule has 12 nitrogen and oxygen atoms in total. The number of aromatic nitrogens is 4. The highest BCUT2D eigenvalue weighted by atomic mass is 32.2. The fourth-order valence-electron chi connectivity index (χ4n) is 8.84. The van der Waals surface area contributed by atoms with Gasteiger partial charge in [0.2, 0.25) is 11.8 Å². The topological polar surface area (TPSA) is 117 Å². The van der Waals surface area contributed by atoms with E-state index in [0.29, 0.717) is 50.9 Å². The Bertz CT molecular complexity index is 6070. The van der Waals surface area contributed by atoms with E-state index in [-0.39, 0.29) is 78.9 Å². The third-order valence-corrected chi connectivity index (χ3v) is 15.6. The molecule has 2 heterocycles. The second-order valence-electron chi connectivity index (χ2n) is 19.8. The van der Waals surface area contributed by atoms with Crippen LogP contribution >= 0.6 is 23.5 Å². The van der Waals surface area contributed by atoms with Crippen molar-refractivity contribution in [1.29, 1.82) is 0 Å². The average Bonchev–Trinajstić information content (AvgIpc) is 1.40. The minimum absolute atomic E-state index is 0.0488. The zero-order chi connectivity index (χ0) is 104. The highest BCUT2D eigenvalue weighted by molar-refractivity contribution is 7.98. The third kappa shape index (κ3) is 18.6. The monoisotopic (exact) mass is 1400 g/mol. The summed E-state index contributed by atoms with van der Waals surface area (Å²) in [6.45, 7) is -39.2. The van der Waals surface area contributed by atoms with Gasteiger partial charge in [-0.15, -0.1) is 0 Å². The first-order valence-electron chi connectivity index (χ1n) is 48.1.